The fourth-order valence-electron chi connectivity index (χ4n) is 2.18. The van der Waals surface area contributed by atoms with Crippen LogP contribution >= 0.6 is 0 Å². The maximum atomic E-state index is 9.13. The SMILES string of the molecule is CCOc1ccccc1-n1nnc(C#N)c1C1CC1. The topological polar surface area (TPSA) is 63.7 Å². The second kappa shape index (κ2) is 4.73. The largest absolute Gasteiger partial charge is 0.492 e. The Labute approximate surface area is 111 Å². The lowest BCUT2D eigenvalue weighted by Crippen LogP contribution is -2.05. The van der Waals surface area contributed by atoms with Crippen LogP contribution in [0.4, 0.5) is 0 Å². The molecule has 1 aliphatic rings. The van der Waals surface area contributed by atoms with E-state index in [4.69, 9.17) is 10.00 Å². The van der Waals surface area contributed by atoms with E-state index in [-0.39, 0.29) is 0 Å². The molecular weight excluding hydrogens is 240 g/mol. The van der Waals surface area contributed by atoms with Gasteiger partial charge in [-0.25, -0.2) is 4.68 Å². The molecule has 0 N–H and O–H groups in total. The Hall–Kier alpha value is -2.35. The molecule has 0 bridgehead atoms. The lowest BCUT2D eigenvalue weighted by molar-refractivity contribution is 0.338. The van der Waals surface area contributed by atoms with Gasteiger partial charge in [0.05, 0.1) is 12.3 Å². The van der Waals surface area contributed by atoms with Crippen LogP contribution in [0.1, 0.15) is 37.1 Å². The molecule has 0 unspecified atom stereocenters. The Morgan fingerprint density at radius 1 is 1.42 bits per heavy atom. The Morgan fingerprint density at radius 2 is 2.21 bits per heavy atom. The lowest BCUT2D eigenvalue weighted by atomic mass is 10.2. The molecule has 1 aromatic carbocycles. The van der Waals surface area contributed by atoms with E-state index in [0.29, 0.717) is 18.2 Å². The first-order chi connectivity index (χ1) is 9.35. The third-order valence-corrected chi connectivity index (χ3v) is 3.17. The number of hydrogen-bond donors (Lipinski definition) is 0. The second-order valence-electron chi connectivity index (χ2n) is 4.52. The first-order valence-corrected chi connectivity index (χ1v) is 6.43. The van der Waals surface area contributed by atoms with Crippen molar-refractivity contribution in [1.82, 2.24) is 15.0 Å². The zero-order chi connectivity index (χ0) is 13.2. The minimum Gasteiger partial charge on any atom is -0.492 e. The van der Waals surface area contributed by atoms with Crippen LogP contribution in [0.2, 0.25) is 0 Å². The van der Waals surface area contributed by atoms with Crippen LogP contribution < -0.4 is 4.74 Å². The van der Waals surface area contributed by atoms with Crippen molar-refractivity contribution in [2.45, 2.75) is 25.7 Å². The van der Waals surface area contributed by atoms with E-state index in [1.165, 1.54) is 0 Å². The number of hydrogen-bond acceptors (Lipinski definition) is 4. The summed E-state index contributed by atoms with van der Waals surface area (Å²) < 4.78 is 7.37. The van der Waals surface area contributed by atoms with Crippen LogP contribution in [-0.4, -0.2) is 21.6 Å². The Kier molecular flexibility index (Phi) is 2.92. The number of ether oxygens (including phenoxy) is 1. The molecule has 19 heavy (non-hydrogen) atoms. The first kappa shape index (κ1) is 11.7. The summed E-state index contributed by atoms with van der Waals surface area (Å²) in [6.07, 6.45) is 2.19. The maximum Gasteiger partial charge on any atom is 0.186 e. The average molecular weight is 254 g/mol. The number of aromatic nitrogens is 3. The molecule has 5 heteroatoms. The lowest BCUT2D eigenvalue weighted by Gasteiger charge is -2.11. The number of benzene rings is 1. The fourth-order valence-corrected chi connectivity index (χ4v) is 2.18. The number of para-hydroxylation sites is 2. The van der Waals surface area contributed by atoms with Gasteiger partial charge in [-0.05, 0) is 31.9 Å². The normalized spacial score (nSPS) is 14.1. The van der Waals surface area contributed by atoms with Crippen molar-refractivity contribution in [3.63, 3.8) is 0 Å². The number of nitrogens with zero attached hydrogens (tertiary/aromatic N) is 4. The van der Waals surface area contributed by atoms with Crippen LogP contribution in [0.15, 0.2) is 24.3 Å². The minimum absolute atomic E-state index is 0.402. The highest BCUT2D eigenvalue weighted by Crippen LogP contribution is 2.42. The van der Waals surface area contributed by atoms with E-state index in [9.17, 15) is 0 Å². The Morgan fingerprint density at radius 3 is 2.89 bits per heavy atom. The van der Waals surface area contributed by atoms with E-state index in [0.717, 1.165) is 30.0 Å². The third-order valence-electron chi connectivity index (χ3n) is 3.17. The molecule has 3 rings (SSSR count). The molecule has 0 amide bonds. The van der Waals surface area contributed by atoms with Crippen LogP contribution in [0, 0.1) is 11.3 Å². The summed E-state index contributed by atoms with van der Waals surface area (Å²) in [4.78, 5) is 0. The average Bonchev–Trinajstić information content (AvgIpc) is 3.19. The monoisotopic (exact) mass is 254 g/mol. The van der Waals surface area contributed by atoms with Crippen molar-refractivity contribution >= 4 is 0 Å². The summed E-state index contributed by atoms with van der Waals surface area (Å²) in [5.74, 6) is 1.17. The molecule has 1 aromatic heterocycles. The number of rotatable bonds is 4. The van der Waals surface area contributed by atoms with Crippen molar-refractivity contribution in [1.29, 1.82) is 5.26 Å². The number of nitriles is 1. The van der Waals surface area contributed by atoms with Gasteiger partial charge in [-0.15, -0.1) is 5.10 Å². The van der Waals surface area contributed by atoms with Gasteiger partial charge in [0.25, 0.3) is 0 Å². The highest BCUT2D eigenvalue weighted by molar-refractivity contribution is 5.49. The van der Waals surface area contributed by atoms with E-state index in [1.54, 1.807) is 4.68 Å². The summed E-state index contributed by atoms with van der Waals surface area (Å²) >= 11 is 0. The summed E-state index contributed by atoms with van der Waals surface area (Å²) in [5.41, 5.74) is 2.18. The van der Waals surface area contributed by atoms with Gasteiger partial charge in [-0.3, -0.25) is 0 Å². The van der Waals surface area contributed by atoms with Gasteiger partial charge >= 0.3 is 0 Å². The standard InChI is InChI=1S/C14H14N4O/c1-2-19-13-6-4-3-5-12(13)18-14(10-7-8-10)11(9-15)16-17-18/h3-6,10H,2,7-8H2,1H3. The summed E-state index contributed by atoms with van der Waals surface area (Å²) in [5, 5.41) is 17.2. The molecule has 2 aromatic rings. The molecular formula is C14H14N4O. The van der Waals surface area contributed by atoms with Crippen molar-refractivity contribution in [2.75, 3.05) is 6.61 Å². The molecule has 5 nitrogen and oxygen atoms in total. The molecule has 0 atom stereocenters. The highest BCUT2D eigenvalue weighted by Gasteiger charge is 2.32. The van der Waals surface area contributed by atoms with Crippen LogP contribution in [0.25, 0.3) is 5.69 Å². The molecule has 1 fully saturated rings. The summed E-state index contributed by atoms with van der Waals surface area (Å²) in [6, 6.07) is 9.82. The van der Waals surface area contributed by atoms with E-state index < -0.39 is 0 Å². The van der Waals surface area contributed by atoms with Gasteiger partial charge in [0.1, 0.15) is 17.5 Å². The van der Waals surface area contributed by atoms with Crippen molar-refractivity contribution in [3.8, 4) is 17.5 Å². The first-order valence-electron chi connectivity index (χ1n) is 6.43. The van der Waals surface area contributed by atoms with Gasteiger partial charge in [0.15, 0.2) is 5.69 Å². The molecule has 0 radical (unpaired) electrons. The molecule has 0 spiro atoms. The molecule has 0 saturated heterocycles. The third kappa shape index (κ3) is 2.06. The fraction of sp³-hybridized carbons (Fsp3) is 0.357. The molecule has 1 heterocycles. The van der Waals surface area contributed by atoms with Crippen molar-refractivity contribution in [2.24, 2.45) is 0 Å². The zero-order valence-corrected chi connectivity index (χ0v) is 10.7. The van der Waals surface area contributed by atoms with Crippen LogP contribution in [-0.2, 0) is 0 Å². The van der Waals surface area contributed by atoms with Crippen molar-refractivity contribution < 1.29 is 4.74 Å². The highest BCUT2D eigenvalue weighted by atomic mass is 16.5. The smallest absolute Gasteiger partial charge is 0.186 e. The quantitative estimate of drug-likeness (QED) is 0.840. The van der Waals surface area contributed by atoms with Gasteiger partial charge < -0.3 is 4.74 Å². The van der Waals surface area contributed by atoms with E-state index >= 15 is 0 Å². The van der Waals surface area contributed by atoms with Crippen molar-refractivity contribution in [3.05, 3.63) is 35.7 Å². The van der Waals surface area contributed by atoms with Crippen LogP contribution in [0.5, 0.6) is 5.75 Å². The van der Waals surface area contributed by atoms with E-state index in [1.807, 2.05) is 31.2 Å². The summed E-state index contributed by atoms with van der Waals surface area (Å²) in [7, 11) is 0. The molecule has 1 aliphatic carbocycles. The Balaban J connectivity index is 2.12. The van der Waals surface area contributed by atoms with Gasteiger partial charge in [-0.2, -0.15) is 5.26 Å². The molecule has 96 valence electrons. The van der Waals surface area contributed by atoms with Gasteiger partial charge in [-0.1, -0.05) is 17.3 Å². The van der Waals surface area contributed by atoms with Gasteiger partial charge in [0, 0.05) is 5.92 Å². The Bertz CT molecular complexity index is 637. The summed E-state index contributed by atoms with van der Waals surface area (Å²) in [6.45, 7) is 2.54. The zero-order valence-electron chi connectivity index (χ0n) is 10.7. The maximum absolute atomic E-state index is 9.13. The predicted molar refractivity (Wildman–Crippen MR) is 69.2 cm³/mol. The van der Waals surface area contributed by atoms with Gasteiger partial charge in [0.2, 0.25) is 0 Å². The molecule has 1 saturated carbocycles. The minimum atomic E-state index is 0.402. The second-order valence-corrected chi connectivity index (χ2v) is 4.52. The molecule has 0 aliphatic heterocycles. The predicted octanol–water partition coefficient (Wildman–Crippen LogP) is 2.42. The van der Waals surface area contributed by atoms with E-state index in [2.05, 4.69) is 16.4 Å². The van der Waals surface area contributed by atoms with Crippen LogP contribution in [0.3, 0.4) is 0 Å².